The smallest absolute Gasteiger partial charge is 0.0659 e. The number of morpholine rings is 1. The van der Waals surface area contributed by atoms with Crippen LogP contribution in [0.4, 0.5) is 0 Å². The van der Waals surface area contributed by atoms with Crippen molar-refractivity contribution in [1.82, 2.24) is 5.01 Å². The summed E-state index contributed by atoms with van der Waals surface area (Å²) in [6.45, 7) is 3.32. The largest absolute Gasteiger partial charge is 0.378 e. The molecule has 1 fully saturated rings. The molecule has 1 saturated heterocycles. The Bertz CT molecular complexity index is 353. The second-order valence-electron chi connectivity index (χ2n) is 3.60. The van der Waals surface area contributed by atoms with E-state index < -0.39 is 0 Å². The van der Waals surface area contributed by atoms with Gasteiger partial charge in [-0.3, -0.25) is 5.01 Å². The van der Waals surface area contributed by atoms with Gasteiger partial charge in [0.25, 0.3) is 0 Å². The molecule has 0 atom stereocenters. The molecule has 0 bridgehead atoms. The molecule has 1 aromatic rings. The third-order valence-corrected chi connectivity index (χ3v) is 2.39. The van der Waals surface area contributed by atoms with Gasteiger partial charge < -0.3 is 4.74 Å². The van der Waals surface area contributed by atoms with Crippen LogP contribution < -0.4 is 0 Å². The second kappa shape index (κ2) is 6.08. The molecule has 0 aromatic heterocycles. The number of hydrogen-bond donors (Lipinski definition) is 0. The van der Waals surface area contributed by atoms with Crippen molar-refractivity contribution in [2.24, 2.45) is 5.10 Å². The highest BCUT2D eigenvalue weighted by atomic mass is 16.5. The summed E-state index contributed by atoms with van der Waals surface area (Å²) < 4.78 is 5.24. The number of ether oxygens (including phenoxy) is 1. The normalized spacial score (nSPS) is 17.4. The molecule has 0 N–H and O–H groups in total. The molecular weight excluding hydrogens is 200 g/mol. The van der Waals surface area contributed by atoms with Crippen LogP contribution in [-0.2, 0) is 4.74 Å². The molecular formula is C13H16N2O. The van der Waals surface area contributed by atoms with Crippen LogP contribution in [-0.4, -0.2) is 37.5 Å². The predicted octanol–water partition coefficient (Wildman–Crippen LogP) is 2.02. The lowest BCUT2D eigenvalue weighted by Gasteiger charge is -2.23. The molecule has 0 unspecified atom stereocenters. The average Bonchev–Trinajstić information content (AvgIpc) is 2.37. The van der Waals surface area contributed by atoms with E-state index in [4.69, 9.17) is 4.74 Å². The Kier molecular flexibility index (Phi) is 4.14. The summed E-state index contributed by atoms with van der Waals surface area (Å²) >= 11 is 0. The first-order valence-corrected chi connectivity index (χ1v) is 5.53. The molecule has 1 heterocycles. The molecule has 0 aliphatic carbocycles. The SMILES string of the molecule is C(=Cc1ccccc1)C=NN1CCOCC1. The van der Waals surface area contributed by atoms with Gasteiger partial charge in [-0.25, -0.2) is 0 Å². The van der Waals surface area contributed by atoms with Crippen molar-refractivity contribution in [3.8, 4) is 0 Å². The highest BCUT2D eigenvalue weighted by molar-refractivity contribution is 5.77. The van der Waals surface area contributed by atoms with E-state index in [1.165, 1.54) is 5.56 Å². The van der Waals surface area contributed by atoms with E-state index in [1.807, 2.05) is 41.6 Å². The van der Waals surface area contributed by atoms with E-state index in [2.05, 4.69) is 17.2 Å². The van der Waals surface area contributed by atoms with E-state index >= 15 is 0 Å². The number of allylic oxidation sites excluding steroid dienone is 1. The van der Waals surface area contributed by atoms with Crippen LogP contribution in [0.2, 0.25) is 0 Å². The summed E-state index contributed by atoms with van der Waals surface area (Å²) in [7, 11) is 0. The fraction of sp³-hybridized carbons (Fsp3) is 0.308. The lowest BCUT2D eigenvalue weighted by atomic mass is 10.2. The topological polar surface area (TPSA) is 24.8 Å². The van der Waals surface area contributed by atoms with Crippen LogP contribution in [0.15, 0.2) is 41.5 Å². The van der Waals surface area contributed by atoms with Crippen molar-refractivity contribution in [3.05, 3.63) is 42.0 Å². The lowest BCUT2D eigenvalue weighted by Crippen LogP contribution is -2.32. The van der Waals surface area contributed by atoms with Crippen molar-refractivity contribution < 1.29 is 4.74 Å². The van der Waals surface area contributed by atoms with Crippen LogP contribution in [0.25, 0.3) is 6.08 Å². The summed E-state index contributed by atoms with van der Waals surface area (Å²) in [4.78, 5) is 0. The van der Waals surface area contributed by atoms with Gasteiger partial charge >= 0.3 is 0 Å². The Balaban J connectivity index is 1.82. The summed E-state index contributed by atoms with van der Waals surface area (Å²) in [5, 5.41) is 6.37. The molecule has 0 saturated carbocycles. The molecule has 2 rings (SSSR count). The number of nitrogens with zero attached hydrogens (tertiary/aromatic N) is 2. The Morgan fingerprint density at radius 1 is 1.12 bits per heavy atom. The van der Waals surface area contributed by atoms with E-state index in [1.54, 1.807) is 0 Å². The van der Waals surface area contributed by atoms with Crippen LogP contribution in [0.5, 0.6) is 0 Å². The van der Waals surface area contributed by atoms with Crippen LogP contribution in [0.1, 0.15) is 5.56 Å². The van der Waals surface area contributed by atoms with Gasteiger partial charge in [0.1, 0.15) is 0 Å². The van der Waals surface area contributed by atoms with Gasteiger partial charge in [0.2, 0.25) is 0 Å². The second-order valence-corrected chi connectivity index (χ2v) is 3.60. The van der Waals surface area contributed by atoms with Gasteiger partial charge in [-0.05, 0) is 11.6 Å². The standard InChI is InChI=1S/C13H16N2O/c1-2-5-13(6-3-1)7-4-8-14-15-9-11-16-12-10-15/h1-8H,9-12H2. The highest BCUT2D eigenvalue weighted by Gasteiger charge is 2.05. The van der Waals surface area contributed by atoms with Gasteiger partial charge in [0.05, 0.1) is 26.3 Å². The molecule has 0 radical (unpaired) electrons. The van der Waals surface area contributed by atoms with Gasteiger partial charge in [0, 0.05) is 6.21 Å². The molecule has 1 aliphatic rings. The zero-order chi connectivity index (χ0) is 11.1. The number of hydrazone groups is 1. The first-order valence-electron chi connectivity index (χ1n) is 5.53. The van der Waals surface area contributed by atoms with E-state index in [-0.39, 0.29) is 0 Å². The van der Waals surface area contributed by atoms with Gasteiger partial charge in [0.15, 0.2) is 0 Å². The summed E-state index contributed by atoms with van der Waals surface area (Å²) in [5.74, 6) is 0. The lowest BCUT2D eigenvalue weighted by molar-refractivity contribution is 0.0397. The quantitative estimate of drug-likeness (QED) is 0.722. The monoisotopic (exact) mass is 216 g/mol. The summed E-state index contributed by atoms with van der Waals surface area (Å²) in [5.41, 5.74) is 1.19. The summed E-state index contributed by atoms with van der Waals surface area (Å²) in [6, 6.07) is 10.2. The first kappa shape index (κ1) is 10.9. The van der Waals surface area contributed by atoms with Crippen LogP contribution in [0.3, 0.4) is 0 Å². The zero-order valence-electron chi connectivity index (χ0n) is 9.25. The van der Waals surface area contributed by atoms with E-state index in [9.17, 15) is 0 Å². The summed E-state index contributed by atoms with van der Waals surface area (Å²) in [6.07, 6.45) is 5.84. The Morgan fingerprint density at radius 3 is 2.62 bits per heavy atom. The molecule has 3 nitrogen and oxygen atoms in total. The highest BCUT2D eigenvalue weighted by Crippen LogP contribution is 2.00. The van der Waals surface area contributed by atoms with Crippen molar-refractivity contribution >= 4 is 12.3 Å². The third kappa shape index (κ3) is 3.51. The maximum absolute atomic E-state index is 5.24. The molecule has 1 aromatic carbocycles. The number of benzene rings is 1. The van der Waals surface area contributed by atoms with Gasteiger partial charge in [-0.2, -0.15) is 5.10 Å². The zero-order valence-corrected chi connectivity index (χ0v) is 9.25. The van der Waals surface area contributed by atoms with Crippen molar-refractivity contribution in [1.29, 1.82) is 0 Å². The molecule has 16 heavy (non-hydrogen) atoms. The maximum Gasteiger partial charge on any atom is 0.0659 e. The molecule has 1 aliphatic heterocycles. The number of rotatable bonds is 3. The Labute approximate surface area is 96.0 Å². The fourth-order valence-corrected chi connectivity index (χ4v) is 1.52. The molecule has 84 valence electrons. The van der Waals surface area contributed by atoms with Crippen LogP contribution >= 0.6 is 0 Å². The minimum Gasteiger partial charge on any atom is -0.378 e. The Morgan fingerprint density at radius 2 is 1.88 bits per heavy atom. The predicted molar refractivity (Wildman–Crippen MR) is 66.4 cm³/mol. The van der Waals surface area contributed by atoms with Crippen molar-refractivity contribution in [3.63, 3.8) is 0 Å². The molecule has 3 heteroatoms. The van der Waals surface area contributed by atoms with Gasteiger partial charge in [-0.15, -0.1) is 0 Å². The van der Waals surface area contributed by atoms with E-state index in [0.717, 1.165) is 26.3 Å². The first-order chi connectivity index (χ1) is 7.95. The Hall–Kier alpha value is -1.61. The van der Waals surface area contributed by atoms with Gasteiger partial charge in [-0.1, -0.05) is 36.4 Å². The maximum atomic E-state index is 5.24. The fourth-order valence-electron chi connectivity index (χ4n) is 1.52. The molecule has 0 spiro atoms. The minimum absolute atomic E-state index is 0.778. The van der Waals surface area contributed by atoms with Crippen molar-refractivity contribution in [2.75, 3.05) is 26.3 Å². The number of hydrogen-bond acceptors (Lipinski definition) is 3. The van der Waals surface area contributed by atoms with Crippen LogP contribution in [0, 0.1) is 0 Å². The average molecular weight is 216 g/mol. The molecule has 0 amide bonds. The van der Waals surface area contributed by atoms with E-state index in [0.29, 0.717) is 0 Å². The third-order valence-electron chi connectivity index (χ3n) is 2.39. The minimum atomic E-state index is 0.778. The van der Waals surface area contributed by atoms with Crippen molar-refractivity contribution in [2.45, 2.75) is 0 Å².